The van der Waals surface area contributed by atoms with E-state index in [2.05, 4.69) is 25.0 Å². The smallest absolute Gasteiger partial charge is 0.439 e. The van der Waals surface area contributed by atoms with Gasteiger partial charge in [0.2, 0.25) is 11.7 Å². The number of hydrogen-bond acceptors (Lipinski definition) is 7. The normalized spacial score (nSPS) is 19.9. The zero-order valence-electron chi connectivity index (χ0n) is 14.5. The maximum atomic E-state index is 11.2. The summed E-state index contributed by atoms with van der Waals surface area (Å²) in [7, 11) is 0. The second-order valence-corrected chi connectivity index (χ2v) is 6.94. The van der Waals surface area contributed by atoms with Crippen molar-refractivity contribution < 1.29 is 14.0 Å². The summed E-state index contributed by atoms with van der Waals surface area (Å²) in [5.41, 5.74) is 1.29. The Balaban J connectivity index is 1.60. The van der Waals surface area contributed by atoms with Crippen LogP contribution in [0.25, 0.3) is 11.5 Å². The summed E-state index contributed by atoms with van der Waals surface area (Å²) >= 11 is 12.2. The molecule has 28 heavy (non-hydrogen) atoms. The molecule has 0 saturated carbocycles. The van der Waals surface area contributed by atoms with Gasteiger partial charge in [0.15, 0.2) is 0 Å². The highest BCUT2D eigenvalue weighted by atomic mass is 35.5. The van der Waals surface area contributed by atoms with Gasteiger partial charge < -0.3 is 14.8 Å². The standard InChI is InChI=1S/C18H16Cl2N4O4/c19-11-5-4-10(8-12(11)20)16-14(9-21-6-7-26-16)27-15-3-1-2-13(22-15)17-23-18(25)28-24-17/h1-5,8,14,16,21H,6-7,9H2,(H,23,24,25)/t14-,16+/m0/s1. The first-order valence-electron chi connectivity index (χ1n) is 8.57. The molecule has 8 nitrogen and oxygen atoms in total. The van der Waals surface area contributed by atoms with Gasteiger partial charge in [0, 0.05) is 19.2 Å². The van der Waals surface area contributed by atoms with Crippen LogP contribution in [0, 0.1) is 0 Å². The van der Waals surface area contributed by atoms with Gasteiger partial charge in [-0.25, -0.2) is 9.78 Å². The zero-order chi connectivity index (χ0) is 19.5. The molecule has 1 aliphatic heterocycles. The van der Waals surface area contributed by atoms with E-state index in [-0.39, 0.29) is 18.0 Å². The summed E-state index contributed by atoms with van der Waals surface area (Å²) < 4.78 is 16.6. The molecule has 2 N–H and O–H groups in total. The fourth-order valence-corrected chi connectivity index (χ4v) is 3.23. The van der Waals surface area contributed by atoms with E-state index >= 15 is 0 Å². The fraction of sp³-hybridized carbons (Fsp3) is 0.278. The molecule has 2 aromatic heterocycles. The summed E-state index contributed by atoms with van der Waals surface area (Å²) in [5.74, 6) is -0.0559. The molecule has 3 aromatic rings. The molecule has 0 radical (unpaired) electrons. The van der Waals surface area contributed by atoms with Crippen molar-refractivity contribution in [3.05, 3.63) is 62.6 Å². The Bertz CT molecular complexity index is 1020. The quantitative estimate of drug-likeness (QED) is 0.665. The van der Waals surface area contributed by atoms with Gasteiger partial charge in [0.1, 0.15) is 17.9 Å². The van der Waals surface area contributed by atoms with E-state index in [1.54, 1.807) is 30.3 Å². The second kappa shape index (κ2) is 8.32. The average molecular weight is 423 g/mol. The SMILES string of the molecule is O=c1[nH]c(-c2cccc(O[C@H]3CNCCO[C@@H]3c3ccc(Cl)c(Cl)c3)n2)no1. The zero-order valence-corrected chi connectivity index (χ0v) is 16.0. The van der Waals surface area contributed by atoms with Crippen molar-refractivity contribution in [2.75, 3.05) is 19.7 Å². The van der Waals surface area contributed by atoms with Crippen LogP contribution in [0.5, 0.6) is 5.88 Å². The summed E-state index contributed by atoms with van der Waals surface area (Å²) in [5, 5.41) is 7.86. The number of benzene rings is 1. The van der Waals surface area contributed by atoms with E-state index in [9.17, 15) is 4.79 Å². The van der Waals surface area contributed by atoms with Crippen LogP contribution in [0.15, 0.2) is 45.7 Å². The minimum atomic E-state index is -0.649. The molecule has 0 spiro atoms. The first kappa shape index (κ1) is 18.9. The van der Waals surface area contributed by atoms with Gasteiger partial charge >= 0.3 is 5.76 Å². The van der Waals surface area contributed by atoms with Gasteiger partial charge in [-0.05, 0) is 23.8 Å². The minimum Gasteiger partial charge on any atom is -0.470 e. The lowest BCUT2D eigenvalue weighted by Gasteiger charge is -2.26. The molecule has 0 aliphatic carbocycles. The van der Waals surface area contributed by atoms with E-state index in [0.717, 1.165) is 5.56 Å². The van der Waals surface area contributed by atoms with Crippen LogP contribution < -0.4 is 15.8 Å². The number of hydrogen-bond donors (Lipinski definition) is 2. The third-order valence-corrected chi connectivity index (χ3v) is 4.95. The van der Waals surface area contributed by atoms with Gasteiger partial charge in [-0.1, -0.05) is 40.5 Å². The summed E-state index contributed by atoms with van der Waals surface area (Å²) in [6, 6.07) is 10.5. The van der Waals surface area contributed by atoms with Gasteiger partial charge in [0.05, 0.1) is 16.7 Å². The number of halogens is 2. The van der Waals surface area contributed by atoms with E-state index < -0.39 is 5.76 Å². The predicted molar refractivity (Wildman–Crippen MR) is 103 cm³/mol. The van der Waals surface area contributed by atoms with Crippen LogP contribution in [-0.2, 0) is 4.74 Å². The molecular weight excluding hydrogens is 407 g/mol. The monoisotopic (exact) mass is 422 g/mol. The summed E-state index contributed by atoms with van der Waals surface area (Å²) in [4.78, 5) is 18.0. The van der Waals surface area contributed by atoms with Crippen molar-refractivity contribution in [1.82, 2.24) is 20.4 Å². The molecule has 10 heteroatoms. The lowest BCUT2D eigenvalue weighted by atomic mass is 10.0. The molecule has 0 unspecified atom stereocenters. The van der Waals surface area contributed by atoms with Gasteiger partial charge in [0.25, 0.3) is 0 Å². The van der Waals surface area contributed by atoms with Gasteiger partial charge in [-0.3, -0.25) is 9.51 Å². The number of aromatic amines is 1. The van der Waals surface area contributed by atoms with Crippen LogP contribution in [0.3, 0.4) is 0 Å². The highest BCUT2D eigenvalue weighted by Crippen LogP contribution is 2.31. The van der Waals surface area contributed by atoms with E-state index in [1.165, 1.54) is 0 Å². The molecule has 1 aliphatic rings. The van der Waals surface area contributed by atoms with Crippen molar-refractivity contribution in [2.24, 2.45) is 0 Å². The molecule has 1 aromatic carbocycles. The molecular formula is C18H16Cl2N4O4. The van der Waals surface area contributed by atoms with Crippen molar-refractivity contribution in [3.63, 3.8) is 0 Å². The number of aromatic nitrogens is 3. The number of ether oxygens (including phenoxy) is 2. The molecule has 0 bridgehead atoms. The molecule has 2 atom stereocenters. The Morgan fingerprint density at radius 3 is 2.86 bits per heavy atom. The van der Waals surface area contributed by atoms with Gasteiger partial charge in [-0.2, -0.15) is 0 Å². The molecule has 1 fully saturated rings. The molecule has 1 saturated heterocycles. The Morgan fingerprint density at radius 2 is 2.07 bits per heavy atom. The predicted octanol–water partition coefficient (Wildman–Crippen LogP) is 2.84. The number of nitrogens with zero attached hydrogens (tertiary/aromatic N) is 2. The molecule has 3 heterocycles. The van der Waals surface area contributed by atoms with Crippen LogP contribution in [-0.4, -0.2) is 40.9 Å². The third kappa shape index (κ3) is 4.20. The summed E-state index contributed by atoms with van der Waals surface area (Å²) in [6.45, 7) is 1.78. The van der Waals surface area contributed by atoms with Crippen LogP contribution >= 0.6 is 23.2 Å². The first-order valence-corrected chi connectivity index (χ1v) is 9.33. The maximum absolute atomic E-state index is 11.2. The average Bonchev–Trinajstić information content (AvgIpc) is 3.00. The molecule has 0 amide bonds. The van der Waals surface area contributed by atoms with Crippen LogP contribution in [0.2, 0.25) is 10.0 Å². The van der Waals surface area contributed by atoms with E-state index in [0.29, 0.717) is 41.3 Å². The fourth-order valence-electron chi connectivity index (χ4n) is 2.93. The van der Waals surface area contributed by atoms with E-state index in [1.807, 2.05) is 6.07 Å². The highest BCUT2D eigenvalue weighted by molar-refractivity contribution is 6.42. The summed E-state index contributed by atoms with van der Waals surface area (Å²) in [6.07, 6.45) is -0.721. The van der Waals surface area contributed by atoms with E-state index in [4.69, 9.17) is 32.7 Å². The Labute approximate surface area is 169 Å². The number of nitrogens with one attached hydrogen (secondary N) is 2. The molecule has 146 valence electrons. The van der Waals surface area contributed by atoms with Crippen molar-refractivity contribution >= 4 is 23.2 Å². The van der Waals surface area contributed by atoms with Crippen LogP contribution in [0.4, 0.5) is 0 Å². The molecule has 4 rings (SSSR count). The third-order valence-electron chi connectivity index (χ3n) is 4.21. The minimum absolute atomic E-state index is 0.228. The Morgan fingerprint density at radius 1 is 1.18 bits per heavy atom. The Kier molecular flexibility index (Phi) is 5.63. The number of rotatable bonds is 4. The Hall–Kier alpha value is -2.39. The lowest BCUT2D eigenvalue weighted by molar-refractivity contribution is -0.00998. The second-order valence-electron chi connectivity index (χ2n) is 6.13. The largest absolute Gasteiger partial charge is 0.470 e. The number of pyridine rings is 1. The first-order chi connectivity index (χ1) is 13.6. The maximum Gasteiger partial charge on any atom is 0.439 e. The van der Waals surface area contributed by atoms with Crippen molar-refractivity contribution in [3.8, 4) is 17.4 Å². The van der Waals surface area contributed by atoms with Crippen molar-refractivity contribution in [1.29, 1.82) is 0 Å². The van der Waals surface area contributed by atoms with Crippen LogP contribution in [0.1, 0.15) is 11.7 Å². The van der Waals surface area contributed by atoms with Crippen molar-refractivity contribution in [2.45, 2.75) is 12.2 Å². The lowest BCUT2D eigenvalue weighted by Crippen LogP contribution is -2.34. The van der Waals surface area contributed by atoms with Gasteiger partial charge in [-0.15, -0.1) is 0 Å². The number of H-pyrrole nitrogens is 1. The topological polar surface area (TPSA) is 102 Å². The highest BCUT2D eigenvalue weighted by Gasteiger charge is 2.29.